The maximum absolute atomic E-state index is 11.0. The van der Waals surface area contributed by atoms with Crippen LogP contribution in [0, 0.1) is 0 Å². The number of unbranched alkanes of at least 4 members (excludes halogenated alkanes) is 9. The molecule has 0 unspecified atom stereocenters. The second-order valence-electron chi connectivity index (χ2n) is 6.59. The molecule has 0 fully saturated rings. The van der Waals surface area contributed by atoms with Gasteiger partial charge in [0, 0.05) is 6.42 Å². The molecule has 0 aliphatic carbocycles. The lowest BCUT2D eigenvalue weighted by molar-refractivity contribution is -0.140. The molecule has 0 amide bonds. The number of methoxy groups -OCH3 is 1. The molecule has 0 spiro atoms. The van der Waals surface area contributed by atoms with Gasteiger partial charge in [-0.3, -0.25) is 4.79 Å². The maximum Gasteiger partial charge on any atom is 0.305 e. The van der Waals surface area contributed by atoms with Gasteiger partial charge in [-0.25, -0.2) is 0 Å². The largest absolute Gasteiger partial charge is 0.469 e. The van der Waals surface area contributed by atoms with Gasteiger partial charge in [0.05, 0.1) is 7.11 Å². The smallest absolute Gasteiger partial charge is 0.305 e. The molecule has 0 bridgehead atoms. The number of ether oxygens (including phenoxy) is 1. The van der Waals surface area contributed by atoms with Crippen LogP contribution in [-0.4, -0.2) is 13.1 Å². The van der Waals surface area contributed by atoms with Gasteiger partial charge in [0.15, 0.2) is 0 Å². The molecule has 0 aromatic heterocycles. The third-order valence-corrected chi connectivity index (χ3v) is 4.26. The Labute approximate surface area is 156 Å². The van der Waals surface area contributed by atoms with Crippen LogP contribution in [0.25, 0.3) is 0 Å². The Bertz CT molecular complexity index is 366. The van der Waals surface area contributed by atoms with E-state index in [0.717, 1.165) is 32.1 Å². The van der Waals surface area contributed by atoms with E-state index < -0.39 is 0 Å². The molecule has 0 rings (SSSR count). The fourth-order valence-electron chi connectivity index (χ4n) is 2.70. The molecule has 2 heteroatoms. The molecular formula is C23H40O2. The van der Waals surface area contributed by atoms with Crippen LogP contribution in [0.2, 0.25) is 0 Å². The molecule has 0 saturated carbocycles. The average molecular weight is 349 g/mol. The van der Waals surface area contributed by atoms with Crippen LogP contribution < -0.4 is 0 Å². The number of hydrogen-bond acceptors (Lipinski definition) is 2. The monoisotopic (exact) mass is 348 g/mol. The SMILES string of the molecule is CCC=CCC=CC/C=C\CCCCCCCCCCCC(=O)OC. The van der Waals surface area contributed by atoms with Crippen molar-refractivity contribution >= 4 is 5.97 Å². The van der Waals surface area contributed by atoms with Crippen LogP contribution in [0.3, 0.4) is 0 Å². The van der Waals surface area contributed by atoms with Crippen molar-refractivity contribution in [2.75, 3.05) is 7.11 Å². The fourth-order valence-corrected chi connectivity index (χ4v) is 2.70. The Morgan fingerprint density at radius 2 is 1.16 bits per heavy atom. The molecule has 0 radical (unpaired) electrons. The predicted molar refractivity (Wildman–Crippen MR) is 110 cm³/mol. The first-order valence-electron chi connectivity index (χ1n) is 10.3. The zero-order valence-corrected chi connectivity index (χ0v) is 16.7. The molecule has 0 saturated heterocycles. The zero-order valence-electron chi connectivity index (χ0n) is 16.7. The van der Waals surface area contributed by atoms with E-state index in [-0.39, 0.29) is 5.97 Å². The normalized spacial score (nSPS) is 11.9. The van der Waals surface area contributed by atoms with E-state index in [1.54, 1.807) is 0 Å². The number of rotatable bonds is 17. The van der Waals surface area contributed by atoms with E-state index in [9.17, 15) is 4.79 Å². The number of allylic oxidation sites excluding steroid dienone is 6. The maximum atomic E-state index is 11.0. The first-order chi connectivity index (χ1) is 12.3. The molecule has 2 nitrogen and oxygen atoms in total. The topological polar surface area (TPSA) is 26.3 Å². The van der Waals surface area contributed by atoms with E-state index in [2.05, 4.69) is 48.1 Å². The van der Waals surface area contributed by atoms with Crippen molar-refractivity contribution in [3.63, 3.8) is 0 Å². The zero-order chi connectivity index (χ0) is 18.4. The van der Waals surface area contributed by atoms with Gasteiger partial charge in [-0.15, -0.1) is 0 Å². The molecular weight excluding hydrogens is 308 g/mol. The van der Waals surface area contributed by atoms with Gasteiger partial charge in [-0.2, -0.15) is 0 Å². The van der Waals surface area contributed by atoms with Gasteiger partial charge in [0.1, 0.15) is 0 Å². The molecule has 144 valence electrons. The molecule has 0 atom stereocenters. The van der Waals surface area contributed by atoms with Crippen molar-refractivity contribution in [1.82, 2.24) is 0 Å². The quantitative estimate of drug-likeness (QED) is 0.156. The standard InChI is InChI=1S/C23H40O2/c1-3-4-5-6-7-8-9-10-11-12-13-14-15-16-17-18-19-20-21-22-23(24)25-2/h4-5,7-8,10-11H,3,6,9,12-22H2,1-2H3/b5-4?,8-7?,11-10-. The highest BCUT2D eigenvalue weighted by Gasteiger charge is 1.98. The summed E-state index contributed by atoms with van der Waals surface area (Å²) in [7, 11) is 1.46. The second kappa shape index (κ2) is 20.7. The minimum absolute atomic E-state index is 0.0748. The summed E-state index contributed by atoms with van der Waals surface area (Å²) in [6, 6.07) is 0. The molecule has 0 aliphatic rings. The number of hydrogen-bond donors (Lipinski definition) is 0. The summed E-state index contributed by atoms with van der Waals surface area (Å²) in [6.45, 7) is 2.17. The molecule has 0 aromatic carbocycles. The molecule has 0 heterocycles. The fraction of sp³-hybridized carbons (Fsp3) is 0.696. The summed E-state index contributed by atoms with van der Waals surface area (Å²) in [5.41, 5.74) is 0. The van der Waals surface area contributed by atoms with Crippen molar-refractivity contribution in [3.8, 4) is 0 Å². The van der Waals surface area contributed by atoms with Gasteiger partial charge >= 0.3 is 5.97 Å². The van der Waals surface area contributed by atoms with E-state index >= 15 is 0 Å². The Balaban J connectivity index is 3.19. The van der Waals surface area contributed by atoms with Crippen LogP contribution in [0.15, 0.2) is 36.5 Å². The van der Waals surface area contributed by atoms with Crippen molar-refractivity contribution in [3.05, 3.63) is 36.5 Å². The highest BCUT2D eigenvalue weighted by molar-refractivity contribution is 5.68. The lowest BCUT2D eigenvalue weighted by Crippen LogP contribution is -1.99. The molecule has 0 aliphatic heterocycles. The second-order valence-corrected chi connectivity index (χ2v) is 6.59. The number of esters is 1. The van der Waals surface area contributed by atoms with Gasteiger partial charge < -0.3 is 4.74 Å². The van der Waals surface area contributed by atoms with E-state index in [0.29, 0.717) is 6.42 Å². The molecule has 0 aromatic rings. The van der Waals surface area contributed by atoms with Crippen LogP contribution in [0.1, 0.15) is 96.8 Å². The van der Waals surface area contributed by atoms with Crippen molar-refractivity contribution < 1.29 is 9.53 Å². The van der Waals surface area contributed by atoms with Crippen LogP contribution in [-0.2, 0) is 9.53 Å². The Kier molecular flexibility index (Phi) is 19.6. The van der Waals surface area contributed by atoms with Crippen LogP contribution in [0.4, 0.5) is 0 Å². The summed E-state index contributed by atoms with van der Waals surface area (Å²) in [5.74, 6) is -0.0748. The summed E-state index contributed by atoms with van der Waals surface area (Å²) < 4.78 is 4.64. The summed E-state index contributed by atoms with van der Waals surface area (Å²) in [4.78, 5) is 11.0. The van der Waals surface area contributed by atoms with Gasteiger partial charge in [0.25, 0.3) is 0 Å². The van der Waals surface area contributed by atoms with Crippen molar-refractivity contribution in [2.45, 2.75) is 96.8 Å². The van der Waals surface area contributed by atoms with E-state index in [4.69, 9.17) is 0 Å². The predicted octanol–water partition coefficient (Wildman–Crippen LogP) is 7.31. The lowest BCUT2D eigenvalue weighted by Gasteiger charge is -2.02. The van der Waals surface area contributed by atoms with Crippen LogP contribution in [0.5, 0.6) is 0 Å². The number of carbonyl (C=O) groups is 1. The highest BCUT2D eigenvalue weighted by Crippen LogP contribution is 2.11. The average Bonchev–Trinajstić information content (AvgIpc) is 2.63. The van der Waals surface area contributed by atoms with Crippen molar-refractivity contribution in [1.29, 1.82) is 0 Å². The Morgan fingerprint density at radius 1 is 0.680 bits per heavy atom. The van der Waals surface area contributed by atoms with Gasteiger partial charge in [-0.05, 0) is 38.5 Å². The third-order valence-electron chi connectivity index (χ3n) is 4.26. The molecule has 25 heavy (non-hydrogen) atoms. The third kappa shape index (κ3) is 20.6. The number of carbonyl (C=O) groups excluding carboxylic acids is 1. The Morgan fingerprint density at radius 3 is 1.72 bits per heavy atom. The summed E-state index contributed by atoms with van der Waals surface area (Å²) in [6.07, 6.45) is 30.0. The van der Waals surface area contributed by atoms with Gasteiger partial charge in [-0.1, -0.05) is 88.3 Å². The van der Waals surface area contributed by atoms with E-state index in [1.165, 1.54) is 58.5 Å². The minimum Gasteiger partial charge on any atom is -0.469 e. The highest BCUT2D eigenvalue weighted by atomic mass is 16.5. The van der Waals surface area contributed by atoms with Crippen molar-refractivity contribution in [2.24, 2.45) is 0 Å². The first kappa shape index (κ1) is 23.7. The lowest BCUT2D eigenvalue weighted by atomic mass is 10.1. The summed E-state index contributed by atoms with van der Waals surface area (Å²) in [5, 5.41) is 0. The first-order valence-corrected chi connectivity index (χ1v) is 10.3. The Hall–Kier alpha value is -1.31. The van der Waals surface area contributed by atoms with E-state index in [1.807, 2.05) is 0 Å². The van der Waals surface area contributed by atoms with Crippen LogP contribution >= 0.6 is 0 Å². The minimum atomic E-state index is -0.0748. The summed E-state index contributed by atoms with van der Waals surface area (Å²) >= 11 is 0. The molecule has 0 N–H and O–H groups in total. The van der Waals surface area contributed by atoms with Gasteiger partial charge in [0.2, 0.25) is 0 Å².